The van der Waals surface area contributed by atoms with Gasteiger partial charge in [-0.1, -0.05) is 30.3 Å². The molecule has 30 heavy (non-hydrogen) atoms. The molecule has 158 valence electrons. The Morgan fingerprint density at radius 2 is 1.73 bits per heavy atom. The number of carbonyl (C=O) groups is 1. The Morgan fingerprint density at radius 1 is 1.07 bits per heavy atom. The topological polar surface area (TPSA) is 119 Å². The van der Waals surface area contributed by atoms with Crippen molar-refractivity contribution in [1.82, 2.24) is 14.5 Å². The fraction of sp³-hybridized carbons (Fsp3) is 0.250. The highest BCUT2D eigenvalue weighted by atomic mass is 32.2. The highest BCUT2D eigenvalue weighted by Crippen LogP contribution is 2.26. The maximum Gasteiger partial charge on any atom is 0.422 e. The minimum Gasteiger partial charge on any atom is -0.443 e. The van der Waals surface area contributed by atoms with E-state index in [0.29, 0.717) is 22.0 Å². The molecular formula is C20H22N4O5S. The third kappa shape index (κ3) is 4.95. The van der Waals surface area contributed by atoms with Gasteiger partial charge in [0.2, 0.25) is 0 Å². The van der Waals surface area contributed by atoms with E-state index < -0.39 is 21.9 Å². The number of benzene rings is 2. The number of hydrogen-bond donors (Lipinski definition) is 2. The van der Waals surface area contributed by atoms with Crippen molar-refractivity contribution < 1.29 is 17.9 Å². The van der Waals surface area contributed by atoms with Gasteiger partial charge in [-0.05, 0) is 39.0 Å². The molecule has 0 aliphatic rings. The quantitative estimate of drug-likeness (QED) is 0.657. The average Bonchev–Trinajstić information content (AvgIpc) is 2.62. The first-order valence-electron chi connectivity index (χ1n) is 9.05. The number of rotatable bonds is 4. The molecule has 0 spiro atoms. The fourth-order valence-corrected chi connectivity index (χ4v) is 3.58. The first-order valence-corrected chi connectivity index (χ1v) is 10.5. The van der Waals surface area contributed by atoms with Crippen LogP contribution in [0.15, 0.2) is 53.3 Å². The lowest BCUT2D eigenvalue weighted by atomic mass is 10.0. The Balaban J connectivity index is 1.93. The summed E-state index contributed by atoms with van der Waals surface area (Å²) in [7, 11) is -2.66. The number of nitrogens with zero attached hydrogens (tertiary/aromatic N) is 2. The number of hydrogen-bond acceptors (Lipinski definition) is 6. The molecule has 0 aliphatic heterocycles. The van der Waals surface area contributed by atoms with E-state index in [1.807, 2.05) is 0 Å². The molecule has 9 nitrogen and oxygen atoms in total. The van der Waals surface area contributed by atoms with Crippen LogP contribution in [0, 0.1) is 0 Å². The number of fused-ring (bicyclic) bond motifs is 1. The largest absolute Gasteiger partial charge is 0.443 e. The molecule has 0 saturated carbocycles. The zero-order valence-corrected chi connectivity index (χ0v) is 17.8. The van der Waals surface area contributed by atoms with E-state index in [1.165, 1.54) is 10.7 Å². The number of nitrogens with one attached hydrogen (secondary N) is 2. The van der Waals surface area contributed by atoms with Crippen LogP contribution in [0.1, 0.15) is 20.8 Å². The van der Waals surface area contributed by atoms with Gasteiger partial charge in [-0.2, -0.15) is 13.5 Å². The summed E-state index contributed by atoms with van der Waals surface area (Å²) in [6.07, 6.45) is -1.09. The molecule has 1 amide bonds. The molecule has 2 aromatic carbocycles. The van der Waals surface area contributed by atoms with E-state index in [1.54, 1.807) is 75.0 Å². The van der Waals surface area contributed by atoms with Crippen molar-refractivity contribution in [2.75, 3.05) is 4.72 Å². The Bertz CT molecular complexity index is 1280. The summed E-state index contributed by atoms with van der Waals surface area (Å²) in [4.78, 5) is 24.1. The molecule has 0 atom stereocenters. The Labute approximate surface area is 173 Å². The van der Waals surface area contributed by atoms with Crippen molar-refractivity contribution in [2.24, 2.45) is 7.05 Å². The van der Waals surface area contributed by atoms with E-state index in [4.69, 9.17) is 4.74 Å². The van der Waals surface area contributed by atoms with Crippen molar-refractivity contribution in [3.8, 4) is 11.3 Å². The molecule has 3 aromatic rings. The van der Waals surface area contributed by atoms with Crippen LogP contribution >= 0.6 is 0 Å². The summed E-state index contributed by atoms with van der Waals surface area (Å²) in [6, 6.07) is 13.5. The van der Waals surface area contributed by atoms with Gasteiger partial charge in [0.1, 0.15) is 5.60 Å². The molecule has 0 bridgehead atoms. The normalized spacial score (nSPS) is 11.9. The molecular weight excluding hydrogens is 408 g/mol. The third-order valence-electron chi connectivity index (χ3n) is 3.96. The van der Waals surface area contributed by atoms with Crippen LogP contribution in [0.25, 0.3) is 22.0 Å². The zero-order chi connectivity index (χ0) is 22.1. The number of carbonyl (C=O) groups excluding carboxylic acids is 1. The molecule has 10 heteroatoms. The van der Waals surface area contributed by atoms with Crippen LogP contribution in [0.3, 0.4) is 0 Å². The smallest absolute Gasteiger partial charge is 0.422 e. The Hall–Kier alpha value is -3.40. The summed E-state index contributed by atoms with van der Waals surface area (Å²) >= 11 is 0. The van der Waals surface area contributed by atoms with Crippen LogP contribution in [0.5, 0.6) is 0 Å². The highest BCUT2D eigenvalue weighted by molar-refractivity contribution is 7.91. The Morgan fingerprint density at radius 3 is 2.40 bits per heavy atom. The lowest BCUT2D eigenvalue weighted by Crippen LogP contribution is -2.39. The van der Waals surface area contributed by atoms with Gasteiger partial charge >= 0.3 is 16.3 Å². The van der Waals surface area contributed by atoms with Crippen LogP contribution in [-0.2, 0) is 22.0 Å². The maximum atomic E-state index is 12.3. The molecule has 0 aliphatic carbocycles. The molecule has 0 unspecified atom stereocenters. The zero-order valence-electron chi connectivity index (χ0n) is 17.0. The van der Waals surface area contributed by atoms with E-state index in [2.05, 4.69) is 9.82 Å². The molecule has 0 saturated heterocycles. The molecule has 1 heterocycles. The summed E-state index contributed by atoms with van der Waals surface area (Å²) in [5.41, 5.74) is 0.263. The second-order valence-corrected chi connectivity index (χ2v) is 9.03. The molecule has 0 fully saturated rings. The van der Waals surface area contributed by atoms with Gasteiger partial charge in [0.05, 0.1) is 16.8 Å². The molecule has 0 radical (unpaired) electrons. The number of anilines is 1. The Kier molecular flexibility index (Phi) is 5.53. The summed E-state index contributed by atoms with van der Waals surface area (Å²) < 4.78 is 34.8. The monoisotopic (exact) mass is 430 g/mol. The standard InChI is InChI=1S/C20H22N4O5S/c1-20(2,3)29-19(26)23-30(27,28)22-14-9-7-8-13(12-14)17-15-10-5-6-11-16(15)18(25)24(4)21-17/h5-12,22H,1-4H3,(H,23,26). The van der Waals surface area contributed by atoms with Crippen molar-refractivity contribution in [3.63, 3.8) is 0 Å². The predicted octanol–water partition coefficient (Wildman–Crippen LogP) is 2.78. The predicted molar refractivity (Wildman–Crippen MR) is 114 cm³/mol. The van der Waals surface area contributed by atoms with Crippen LogP contribution in [-0.4, -0.2) is 29.9 Å². The summed E-state index contributed by atoms with van der Waals surface area (Å²) in [5, 5.41) is 5.48. The number of ether oxygens (including phenoxy) is 1. The van der Waals surface area contributed by atoms with Gasteiger partial charge < -0.3 is 4.74 Å². The van der Waals surface area contributed by atoms with Gasteiger partial charge in [0, 0.05) is 18.0 Å². The number of amides is 1. The summed E-state index contributed by atoms with van der Waals surface area (Å²) in [6.45, 7) is 4.88. The van der Waals surface area contributed by atoms with E-state index >= 15 is 0 Å². The SMILES string of the molecule is Cn1nc(-c2cccc(NS(=O)(=O)NC(=O)OC(C)(C)C)c2)c2ccccc2c1=O. The third-order valence-corrected chi connectivity index (χ3v) is 4.90. The van der Waals surface area contributed by atoms with Gasteiger partial charge in [-0.15, -0.1) is 0 Å². The average molecular weight is 430 g/mol. The molecule has 1 aromatic heterocycles. The first-order chi connectivity index (χ1) is 14.0. The minimum atomic E-state index is -4.21. The highest BCUT2D eigenvalue weighted by Gasteiger charge is 2.21. The van der Waals surface area contributed by atoms with Gasteiger partial charge in [-0.25, -0.2) is 14.2 Å². The van der Waals surface area contributed by atoms with Crippen molar-refractivity contribution >= 4 is 32.8 Å². The van der Waals surface area contributed by atoms with Crippen LogP contribution in [0.2, 0.25) is 0 Å². The van der Waals surface area contributed by atoms with E-state index in [-0.39, 0.29) is 11.2 Å². The number of aromatic nitrogens is 2. The summed E-state index contributed by atoms with van der Waals surface area (Å²) in [5.74, 6) is 0. The van der Waals surface area contributed by atoms with Crippen molar-refractivity contribution in [2.45, 2.75) is 26.4 Å². The second-order valence-electron chi connectivity index (χ2n) is 7.61. The second kappa shape index (κ2) is 7.79. The van der Waals surface area contributed by atoms with Crippen LogP contribution < -0.4 is 15.0 Å². The molecule has 3 rings (SSSR count). The van der Waals surface area contributed by atoms with Crippen LogP contribution in [0.4, 0.5) is 10.5 Å². The maximum absolute atomic E-state index is 12.3. The lowest BCUT2D eigenvalue weighted by molar-refractivity contribution is 0.0570. The van der Waals surface area contributed by atoms with Gasteiger partial charge in [-0.3, -0.25) is 9.52 Å². The van der Waals surface area contributed by atoms with Crippen molar-refractivity contribution in [1.29, 1.82) is 0 Å². The van der Waals surface area contributed by atoms with Gasteiger partial charge in [0.15, 0.2) is 0 Å². The molecule has 2 N–H and O–H groups in total. The lowest BCUT2D eigenvalue weighted by Gasteiger charge is -2.19. The van der Waals surface area contributed by atoms with Gasteiger partial charge in [0.25, 0.3) is 5.56 Å². The fourth-order valence-electron chi connectivity index (χ4n) is 2.83. The minimum absolute atomic E-state index is 0.211. The first kappa shape index (κ1) is 21.3. The van der Waals surface area contributed by atoms with Crippen molar-refractivity contribution in [3.05, 3.63) is 58.9 Å². The van der Waals surface area contributed by atoms with E-state index in [0.717, 1.165) is 0 Å². The number of aryl methyl sites for hydroxylation is 1. The van der Waals surface area contributed by atoms with E-state index in [9.17, 15) is 18.0 Å².